The predicted octanol–water partition coefficient (Wildman–Crippen LogP) is 20.7. The fourth-order valence-corrected chi connectivity index (χ4v) is 19.0. The van der Waals surface area contributed by atoms with Gasteiger partial charge in [0.15, 0.2) is 0 Å². The molecule has 0 aliphatic heterocycles. The Balaban J connectivity index is 0.000000255. The third-order valence-corrected chi connectivity index (χ3v) is 25.2. The van der Waals surface area contributed by atoms with Crippen molar-refractivity contribution in [3.8, 4) is 35.5 Å². The molecule has 14 nitrogen and oxygen atoms in total. The van der Waals surface area contributed by atoms with Gasteiger partial charge in [0.1, 0.15) is 24.4 Å². The summed E-state index contributed by atoms with van der Waals surface area (Å²) in [7, 11) is 0. The Kier molecular flexibility index (Phi) is 32.3. The molecule has 15 atom stereocenters. The lowest BCUT2D eigenvalue weighted by atomic mass is 9.62. The minimum atomic E-state index is -5.99. The molecule has 6 fully saturated rings. The first-order chi connectivity index (χ1) is 56.5. The number of aliphatic hydroxyl groups is 4. The highest BCUT2D eigenvalue weighted by Gasteiger charge is 2.75. The number of fused-ring (bicyclic) bond motifs is 3. The van der Waals surface area contributed by atoms with E-state index in [0.717, 1.165) is 114 Å². The van der Waals surface area contributed by atoms with E-state index in [-0.39, 0.29) is 60.2 Å². The highest BCUT2D eigenvalue weighted by atomic mass is 19.4. The molecule has 32 heteroatoms. The number of esters is 5. The normalized spacial score (nSPS) is 29.8. The predicted molar refractivity (Wildman–Crippen MR) is 418 cm³/mol. The molecular weight excluding hydrogens is 1660 g/mol. The van der Waals surface area contributed by atoms with E-state index >= 15 is 0 Å². The van der Waals surface area contributed by atoms with Crippen LogP contribution in [0.1, 0.15) is 211 Å². The van der Waals surface area contributed by atoms with Gasteiger partial charge in [-0.05, 0) is 186 Å². The Morgan fingerprint density at radius 3 is 1.00 bits per heavy atom. The van der Waals surface area contributed by atoms with Crippen LogP contribution in [0, 0.1) is 87.3 Å². The molecule has 0 spiro atoms. The van der Waals surface area contributed by atoms with Crippen LogP contribution in [0.3, 0.4) is 0 Å². The van der Waals surface area contributed by atoms with Gasteiger partial charge in [0.05, 0.1) is 12.2 Å². The van der Waals surface area contributed by atoms with Crippen LogP contribution in [-0.4, -0.2) is 141 Å². The molecule has 0 radical (unpaired) electrons. The lowest BCUT2D eigenvalue weighted by molar-refractivity contribution is -0.346. The van der Waals surface area contributed by atoms with Crippen molar-refractivity contribution in [2.24, 2.45) is 51.8 Å². The number of carbonyl (C=O) groups is 5. The van der Waals surface area contributed by atoms with Crippen molar-refractivity contribution >= 4 is 29.8 Å². The second-order valence-corrected chi connectivity index (χ2v) is 34.1. The standard InChI is InChI=1S/C33H38F6O6.C31H36F6O5.C27H32F6O3/c1-19(9-7-16-31(32(34,35)36,33(37,38)39)45-23(5)42)27-13-14-28-24(10-8-15-30(27,28)6)11-12-25-17-26(43-21(3)40)18-29(20(25)2)44-22(4)41;1-18(8-6-15-29(40,30(32,33)34)31(35,36)37)25-12-13-26-22(9-7-14-28(25,26)5)10-11-23-16-24(41-20(3)38)17-27(19(23)2)42-21(4)39;1-16(6-4-13-25(36,26(28,29)30)27(31,32)33)21-10-11-22-18(7-5-12-24(21,22)3)8-9-19-14-20(34)15-23(35)17(19)2/h11-13,19,26,28-29H,2,8-10,14-15,17-18H2,1,3-6H3;10-12,18,24,26-27,40H,2,7-9,13-14,16-17H2,1,3-5H3;8-10,16,20,22-23,34-36H,2,5-7,11-12,14-15H2,1,3H3/b24-11+,25-12-;22-10+,23-11-;18-8+,19-9-/t19?,26?,28?,29-,30+;18?,24?,26?,27-,28+;16?,20?,22?,23-,24+/m000/s1. The molecule has 9 aliphatic carbocycles. The van der Waals surface area contributed by atoms with Crippen LogP contribution in [0.25, 0.3) is 0 Å². The largest absolute Gasteiger partial charge is 0.462 e. The monoisotopic (exact) mass is 1760 g/mol. The van der Waals surface area contributed by atoms with Crippen molar-refractivity contribution in [1.82, 2.24) is 0 Å². The van der Waals surface area contributed by atoms with Gasteiger partial charge in [0, 0.05) is 86.0 Å². The summed E-state index contributed by atoms with van der Waals surface area (Å²) in [6.45, 7) is 29.1. The number of hydrogen-bond acceptors (Lipinski definition) is 14. The molecule has 0 amide bonds. The summed E-state index contributed by atoms with van der Waals surface area (Å²) in [5.41, 5.74) is -5.73. The van der Waals surface area contributed by atoms with E-state index in [4.69, 9.17) is 18.9 Å². The Morgan fingerprint density at radius 1 is 0.431 bits per heavy atom. The maximum atomic E-state index is 13.6. The molecule has 0 aromatic heterocycles. The summed E-state index contributed by atoms with van der Waals surface area (Å²) in [4.78, 5) is 57.7. The van der Waals surface area contributed by atoms with Crippen LogP contribution in [0.5, 0.6) is 0 Å². The second kappa shape index (κ2) is 39.2. The molecular formula is C91H106F18O14. The maximum absolute atomic E-state index is 13.6. The number of alkyl halides is 18. The van der Waals surface area contributed by atoms with E-state index in [1.807, 2.05) is 79.4 Å². The van der Waals surface area contributed by atoms with E-state index < -0.39 is 138 Å². The van der Waals surface area contributed by atoms with Crippen LogP contribution in [0.2, 0.25) is 0 Å². The quantitative estimate of drug-likeness (QED) is 0.0419. The average molecular weight is 1770 g/mol. The minimum absolute atomic E-state index is 0.0457. The topological polar surface area (TPSA) is 212 Å². The van der Waals surface area contributed by atoms with E-state index in [0.29, 0.717) is 75.0 Å². The zero-order valence-electron chi connectivity index (χ0n) is 70.3. The van der Waals surface area contributed by atoms with Crippen LogP contribution in [-0.2, 0) is 47.7 Å². The number of allylic oxidation sites excluding steroid dienone is 15. The van der Waals surface area contributed by atoms with Crippen LogP contribution in [0.15, 0.2) is 141 Å². The van der Waals surface area contributed by atoms with Crippen molar-refractivity contribution in [2.75, 3.05) is 0 Å². The van der Waals surface area contributed by atoms with Crippen molar-refractivity contribution < 1.29 is 147 Å². The Labute approximate surface area is 704 Å². The minimum Gasteiger partial charge on any atom is -0.462 e. The van der Waals surface area contributed by atoms with Gasteiger partial charge in [-0.3, -0.25) is 24.0 Å². The third-order valence-electron chi connectivity index (χ3n) is 25.2. The lowest BCUT2D eigenvalue weighted by Crippen LogP contribution is -2.58. The summed E-state index contributed by atoms with van der Waals surface area (Å²) in [5, 5.41) is 38.6. The molecule has 9 unspecified atom stereocenters. The Bertz CT molecular complexity index is 4470. The highest BCUT2D eigenvalue weighted by Crippen LogP contribution is 2.61. The molecule has 6 saturated carbocycles. The fourth-order valence-electron chi connectivity index (χ4n) is 19.0. The van der Waals surface area contributed by atoms with Gasteiger partial charge >= 0.3 is 83.7 Å². The first-order valence-corrected chi connectivity index (χ1v) is 40.5. The molecule has 0 saturated heterocycles. The summed E-state index contributed by atoms with van der Waals surface area (Å²) in [6.07, 6.45) is -11.3. The number of rotatable bonds is 14. The van der Waals surface area contributed by atoms with Crippen LogP contribution in [0.4, 0.5) is 79.0 Å². The molecule has 0 bridgehead atoms. The first-order valence-electron chi connectivity index (χ1n) is 40.5. The summed E-state index contributed by atoms with van der Waals surface area (Å²) < 4.78 is 262. The number of ether oxygens (including phenoxy) is 5. The SMILES string of the molecule is C=C1/C(=C\C=C2/CCC[C@]3(C)C(C(C)CC#CC(O)(C(F)(F)F)C(F)(F)F)=CCC23)CC(O)C[C@@H]1O.C=C1/C(=C\C=C2/CCC[C@]3(C)C(C(C)CC#CC(O)(C(F)(F)F)C(F)(F)F)=CCC23)CC(OC(C)=O)C[C@@H]1OC(C)=O.C=C1/C(=C\C=C2/CCC[C@]3(C)C(C(C)CC#CC(OC(C)=O)(C(F)(F)F)C(F)(F)F)=CCC23)CC(OC(C)=O)C[C@@H]1OC(C)=O. The molecule has 4 N–H and O–H groups in total. The third kappa shape index (κ3) is 23.2. The molecule has 680 valence electrons. The highest BCUT2D eigenvalue weighted by molar-refractivity contribution is 5.69. The van der Waals surface area contributed by atoms with Crippen molar-refractivity contribution in [1.29, 1.82) is 0 Å². The van der Waals surface area contributed by atoms with Crippen LogP contribution >= 0.6 is 0 Å². The fraction of sp³-hybridized carbons (Fsp3) is 0.615. The smallest absolute Gasteiger partial charge is 0.450 e. The first kappa shape index (κ1) is 102. The Hall–Kier alpha value is -8.51. The van der Waals surface area contributed by atoms with Crippen molar-refractivity contribution in [3.05, 3.63) is 141 Å². The van der Waals surface area contributed by atoms with E-state index in [1.165, 1.54) is 39.2 Å². The van der Waals surface area contributed by atoms with Crippen molar-refractivity contribution in [2.45, 2.75) is 301 Å². The molecule has 123 heavy (non-hydrogen) atoms. The van der Waals surface area contributed by atoms with Gasteiger partial charge in [0.25, 0.3) is 0 Å². The molecule has 0 heterocycles. The summed E-state index contributed by atoms with van der Waals surface area (Å²) >= 11 is 0. The zero-order chi connectivity index (χ0) is 92.7. The van der Waals surface area contributed by atoms with Gasteiger partial charge in [-0.25, -0.2) is 0 Å². The van der Waals surface area contributed by atoms with Gasteiger partial charge in [-0.2, -0.15) is 79.0 Å². The molecule has 9 aliphatic rings. The van der Waals surface area contributed by atoms with Crippen LogP contribution < -0.4 is 0 Å². The Morgan fingerprint density at radius 2 is 0.724 bits per heavy atom. The molecule has 9 rings (SSSR count). The van der Waals surface area contributed by atoms with E-state index in [9.17, 15) is 123 Å². The van der Waals surface area contributed by atoms with Crippen molar-refractivity contribution in [3.63, 3.8) is 0 Å². The molecule has 0 aromatic carbocycles. The zero-order valence-corrected chi connectivity index (χ0v) is 70.3. The van der Waals surface area contributed by atoms with E-state index in [2.05, 4.69) is 38.3 Å². The van der Waals surface area contributed by atoms with E-state index in [1.54, 1.807) is 20.8 Å². The van der Waals surface area contributed by atoms with Gasteiger partial charge in [0.2, 0.25) is 0 Å². The van der Waals surface area contributed by atoms with Gasteiger partial charge in [-0.15, -0.1) is 0 Å². The maximum Gasteiger partial charge on any atom is 0.450 e. The van der Waals surface area contributed by atoms with Gasteiger partial charge < -0.3 is 44.1 Å². The summed E-state index contributed by atoms with van der Waals surface area (Å²) in [5.74, 6) is 4.64. The molecule has 0 aromatic rings. The second-order valence-electron chi connectivity index (χ2n) is 34.1. The van der Waals surface area contributed by atoms with Gasteiger partial charge in [-0.1, -0.05) is 167 Å². The number of carbonyl (C=O) groups excluding carboxylic acids is 5. The lowest BCUT2D eigenvalue weighted by Gasteiger charge is -2.42. The summed E-state index contributed by atoms with van der Waals surface area (Å²) in [6, 6.07) is 0. The average Bonchev–Trinajstić information content (AvgIpc) is 1.28. The number of hydrogen-bond donors (Lipinski definition) is 4. The number of halogens is 18. The number of aliphatic hydroxyl groups excluding tert-OH is 2.